The molecule has 7 nitrogen and oxygen atoms in total. The molecule has 0 aliphatic heterocycles. The normalized spacial score (nSPS) is 13.5. The summed E-state index contributed by atoms with van der Waals surface area (Å²) < 4.78 is 1.39. The van der Waals surface area contributed by atoms with Gasteiger partial charge in [-0.05, 0) is 36.8 Å². The topological polar surface area (TPSA) is 98.3 Å². The van der Waals surface area contributed by atoms with Gasteiger partial charge in [0.05, 0.1) is 11.7 Å². The van der Waals surface area contributed by atoms with Crippen molar-refractivity contribution in [3.8, 4) is 0 Å². The maximum atomic E-state index is 13.2. The SMILES string of the molecule is NC(=O)CCN(Cc1ccccc1)C(=O)Cn1cnc2sc3c(c2c1=O)CCCCC3. The molecule has 0 saturated carbocycles. The Hall–Kier alpha value is -3.00. The molecule has 31 heavy (non-hydrogen) atoms. The van der Waals surface area contributed by atoms with Crippen molar-refractivity contribution < 1.29 is 9.59 Å². The van der Waals surface area contributed by atoms with Gasteiger partial charge in [0.2, 0.25) is 11.8 Å². The second kappa shape index (κ2) is 9.43. The van der Waals surface area contributed by atoms with Gasteiger partial charge < -0.3 is 10.6 Å². The summed E-state index contributed by atoms with van der Waals surface area (Å²) in [5.41, 5.74) is 7.20. The first-order valence-electron chi connectivity index (χ1n) is 10.6. The third kappa shape index (κ3) is 4.85. The molecule has 1 aliphatic rings. The lowest BCUT2D eigenvalue weighted by Crippen LogP contribution is -2.38. The zero-order chi connectivity index (χ0) is 21.8. The van der Waals surface area contributed by atoms with E-state index >= 15 is 0 Å². The highest BCUT2D eigenvalue weighted by Gasteiger charge is 2.21. The lowest BCUT2D eigenvalue weighted by atomic mass is 10.1. The first-order valence-corrected chi connectivity index (χ1v) is 11.4. The highest BCUT2D eigenvalue weighted by Crippen LogP contribution is 2.32. The Morgan fingerprint density at radius 3 is 2.68 bits per heavy atom. The maximum absolute atomic E-state index is 13.2. The molecule has 0 bridgehead atoms. The smallest absolute Gasteiger partial charge is 0.262 e. The van der Waals surface area contributed by atoms with Crippen LogP contribution >= 0.6 is 11.3 Å². The van der Waals surface area contributed by atoms with Crippen molar-refractivity contribution in [3.05, 3.63) is 63.0 Å². The Bertz CT molecular complexity index is 1150. The first-order chi connectivity index (χ1) is 15.0. The lowest BCUT2D eigenvalue weighted by molar-refractivity contribution is -0.133. The molecule has 3 aromatic rings. The van der Waals surface area contributed by atoms with E-state index in [0.717, 1.165) is 41.6 Å². The van der Waals surface area contributed by atoms with Gasteiger partial charge in [0.15, 0.2) is 0 Å². The van der Waals surface area contributed by atoms with Crippen molar-refractivity contribution in [2.75, 3.05) is 6.54 Å². The number of hydrogen-bond donors (Lipinski definition) is 1. The number of aryl methyl sites for hydroxylation is 2. The molecule has 1 aromatic carbocycles. The minimum Gasteiger partial charge on any atom is -0.370 e. The average Bonchev–Trinajstić information content (AvgIpc) is 2.95. The number of thiophene rings is 1. The van der Waals surface area contributed by atoms with Gasteiger partial charge in [-0.2, -0.15) is 0 Å². The van der Waals surface area contributed by atoms with Gasteiger partial charge in [0.25, 0.3) is 5.56 Å². The van der Waals surface area contributed by atoms with Crippen LogP contribution in [0.25, 0.3) is 10.2 Å². The average molecular weight is 439 g/mol. The summed E-state index contributed by atoms with van der Waals surface area (Å²) in [4.78, 5) is 45.7. The molecule has 2 N–H and O–H groups in total. The van der Waals surface area contributed by atoms with Gasteiger partial charge in [-0.3, -0.25) is 19.0 Å². The van der Waals surface area contributed by atoms with E-state index in [9.17, 15) is 14.4 Å². The molecule has 2 heterocycles. The fraction of sp³-hybridized carbons (Fsp3) is 0.391. The predicted octanol–water partition coefficient (Wildman–Crippen LogP) is 2.63. The molecule has 2 amide bonds. The van der Waals surface area contributed by atoms with Gasteiger partial charge >= 0.3 is 0 Å². The van der Waals surface area contributed by atoms with Gasteiger partial charge in [-0.1, -0.05) is 36.8 Å². The molecule has 0 unspecified atom stereocenters. The van der Waals surface area contributed by atoms with Crippen LogP contribution in [0.4, 0.5) is 0 Å². The molecule has 162 valence electrons. The van der Waals surface area contributed by atoms with E-state index < -0.39 is 5.91 Å². The number of nitrogens with two attached hydrogens (primary N) is 1. The Labute approximate surface area is 184 Å². The Kier molecular flexibility index (Phi) is 6.46. The van der Waals surface area contributed by atoms with E-state index in [2.05, 4.69) is 4.98 Å². The molecule has 2 aromatic heterocycles. The van der Waals surface area contributed by atoms with Crippen LogP contribution in [-0.2, 0) is 35.5 Å². The fourth-order valence-corrected chi connectivity index (χ4v) is 5.28. The monoisotopic (exact) mass is 438 g/mol. The fourth-order valence-electron chi connectivity index (χ4n) is 4.06. The van der Waals surface area contributed by atoms with Gasteiger partial charge in [0, 0.05) is 24.4 Å². The van der Waals surface area contributed by atoms with Crippen molar-refractivity contribution in [1.82, 2.24) is 14.5 Å². The van der Waals surface area contributed by atoms with Crippen LogP contribution in [0.5, 0.6) is 0 Å². The summed E-state index contributed by atoms with van der Waals surface area (Å²) in [5.74, 6) is -0.707. The third-order valence-electron chi connectivity index (χ3n) is 5.69. The minimum absolute atomic E-state index is 0.0722. The molecule has 1 aliphatic carbocycles. The van der Waals surface area contributed by atoms with Crippen LogP contribution < -0.4 is 11.3 Å². The number of fused-ring (bicyclic) bond motifs is 3. The highest BCUT2D eigenvalue weighted by atomic mass is 32.1. The summed E-state index contributed by atoms with van der Waals surface area (Å²) in [7, 11) is 0. The van der Waals surface area contributed by atoms with Gasteiger partial charge in [-0.25, -0.2) is 4.98 Å². The van der Waals surface area contributed by atoms with Crippen LogP contribution in [0.15, 0.2) is 41.5 Å². The summed E-state index contributed by atoms with van der Waals surface area (Å²) in [6.07, 6.45) is 6.81. The molecule has 0 fully saturated rings. The summed E-state index contributed by atoms with van der Waals surface area (Å²) >= 11 is 1.60. The molecule has 4 rings (SSSR count). The van der Waals surface area contributed by atoms with Gasteiger partial charge in [-0.15, -0.1) is 11.3 Å². The van der Waals surface area contributed by atoms with E-state index in [4.69, 9.17) is 5.73 Å². The van der Waals surface area contributed by atoms with E-state index in [1.165, 1.54) is 22.2 Å². The molecular weight excluding hydrogens is 412 g/mol. The molecule has 0 radical (unpaired) electrons. The van der Waals surface area contributed by atoms with Crippen LogP contribution in [0.2, 0.25) is 0 Å². The van der Waals surface area contributed by atoms with E-state index in [0.29, 0.717) is 11.9 Å². The Morgan fingerprint density at radius 1 is 1.13 bits per heavy atom. The third-order valence-corrected chi connectivity index (χ3v) is 6.89. The maximum Gasteiger partial charge on any atom is 0.262 e. The standard InChI is InChI=1S/C23H26N4O3S/c24-19(28)11-12-26(13-16-7-3-1-4-8-16)20(29)14-27-15-25-22-21(23(27)30)17-9-5-2-6-10-18(17)31-22/h1,3-4,7-8,15H,2,5-6,9-14H2,(H2,24,28). The zero-order valence-electron chi connectivity index (χ0n) is 17.4. The quantitative estimate of drug-likeness (QED) is 0.573. The number of rotatable bonds is 7. The molecule has 0 spiro atoms. The van der Waals surface area contributed by atoms with E-state index in [1.807, 2.05) is 30.3 Å². The van der Waals surface area contributed by atoms with E-state index in [-0.39, 0.29) is 31.0 Å². The molecule has 8 heteroatoms. The number of aromatic nitrogens is 2. The Morgan fingerprint density at radius 2 is 1.90 bits per heavy atom. The summed E-state index contributed by atoms with van der Waals surface area (Å²) in [5, 5.41) is 0.670. The van der Waals surface area contributed by atoms with E-state index in [1.54, 1.807) is 16.2 Å². The molecular formula is C23H26N4O3S. The lowest BCUT2D eigenvalue weighted by Gasteiger charge is -2.23. The van der Waals surface area contributed by atoms with Crippen molar-refractivity contribution in [2.45, 2.75) is 51.6 Å². The second-order valence-corrected chi connectivity index (χ2v) is 9.02. The van der Waals surface area contributed by atoms with Crippen LogP contribution in [0, 0.1) is 0 Å². The first kappa shape index (κ1) is 21.2. The Balaban J connectivity index is 1.60. The second-order valence-electron chi connectivity index (χ2n) is 7.94. The highest BCUT2D eigenvalue weighted by molar-refractivity contribution is 7.18. The number of hydrogen-bond acceptors (Lipinski definition) is 5. The van der Waals surface area contributed by atoms with Crippen molar-refractivity contribution in [1.29, 1.82) is 0 Å². The molecule has 0 atom stereocenters. The zero-order valence-corrected chi connectivity index (χ0v) is 18.2. The van der Waals surface area contributed by atoms with Crippen LogP contribution in [-0.4, -0.2) is 32.8 Å². The number of amides is 2. The number of nitrogens with zero attached hydrogens (tertiary/aromatic N) is 3. The summed E-state index contributed by atoms with van der Waals surface area (Å²) in [6, 6.07) is 9.55. The summed E-state index contributed by atoms with van der Waals surface area (Å²) in [6.45, 7) is 0.449. The van der Waals surface area contributed by atoms with Gasteiger partial charge in [0.1, 0.15) is 11.4 Å². The predicted molar refractivity (Wildman–Crippen MR) is 121 cm³/mol. The van der Waals surface area contributed by atoms with Crippen LogP contribution in [0.3, 0.4) is 0 Å². The van der Waals surface area contributed by atoms with Crippen molar-refractivity contribution in [3.63, 3.8) is 0 Å². The largest absolute Gasteiger partial charge is 0.370 e. The number of carbonyl (C=O) groups excluding carboxylic acids is 2. The van der Waals surface area contributed by atoms with Crippen molar-refractivity contribution in [2.24, 2.45) is 5.73 Å². The number of benzene rings is 1. The number of carbonyl (C=O) groups is 2. The molecule has 0 saturated heterocycles. The van der Waals surface area contributed by atoms with Crippen molar-refractivity contribution >= 4 is 33.4 Å². The van der Waals surface area contributed by atoms with Crippen LogP contribution in [0.1, 0.15) is 41.7 Å². The number of primary amides is 1. The minimum atomic E-state index is -0.466.